The van der Waals surface area contributed by atoms with Crippen molar-refractivity contribution in [3.63, 3.8) is 0 Å². The first-order valence-corrected chi connectivity index (χ1v) is 7.74. The van der Waals surface area contributed by atoms with Crippen molar-refractivity contribution in [1.82, 2.24) is 5.32 Å². The van der Waals surface area contributed by atoms with Gasteiger partial charge in [0.05, 0.1) is 0 Å². The maximum Gasteiger partial charge on any atom is 0.124 e. The molecule has 0 saturated carbocycles. The number of hydrogen-bond donors (Lipinski definition) is 1. The number of halogens is 3. The predicted molar refractivity (Wildman–Crippen MR) is 87.6 cm³/mol. The first kappa shape index (κ1) is 16.3. The molecule has 0 aromatic heterocycles. The second-order valence-electron chi connectivity index (χ2n) is 4.74. The summed E-state index contributed by atoms with van der Waals surface area (Å²) in [4.78, 5) is 0. The Morgan fingerprint density at radius 3 is 2.76 bits per heavy atom. The molecule has 0 aliphatic heterocycles. The standard InChI is InChI=1S/C16H16BrClFNO/c1-20-15(7-11-5-12(17)8-14(19)6-11)10-21-16-4-2-3-13(18)9-16/h2-6,8-9,15,20H,7,10H2,1H3. The molecule has 0 amide bonds. The molecule has 112 valence electrons. The molecule has 2 nitrogen and oxygen atoms in total. The Morgan fingerprint density at radius 2 is 2.10 bits per heavy atom. The molecule has 0 radical (unpaired) electrons. The lowest BCUT2D eigenvalue weighted by atomic mass is 10.1. The van der Waals surface area contributed by atoms with E-state index in [1.54, 1.807) is 12.1 Å². The van der Waals surface area contributed by atoms with Crippen molar-refractivity contribution in [2.24, 2.45) is 0 Å². The van der Waals surface area contributed by atoms with Crippen LogP contribution in [-0.2, 0) is 6.42 Å². The van der Waals surface area contributed by atoms with Crippen LogP contribution in [0.1, 0.15) is 5.56 Å². The molecule has 0 heterocycles. The van der Waals surface area contributed by atoms with Crippen molar-refractivity contribution in [2.45, 2.75) is 12.5 Å². The summed E-state index contributed by atoms with van der Waals surface area (Å²) in [6.07, 6.45) is 0.674. The summed E-state index contributed by atoms with van der Waals surface area (Å²) < 4.78 is 19.8. The fraction of sp³-hybridized carbons (Fsp3) is 0.250. The maximum atomic E-state index is 13.4. The van der Waals surface area contributed by atoms with Crippen molar-refractivity contribution in [3.05, 3.63) is 63.3 Å². The lowest BCUT2D eigenvalue weighted by Gasteiger charge is -2.17. The first-order chi connectivity index (χ1) is 10.1. The Kier molecular flexibility index (Phi) is 6.03. The highest BCUT2D eigenvalue weighted by Gasteiger charge is 2.10. The Labute approximate surface area is 137 Å². The minimum atomic E-state index is -0.245. The van der Waals surface area contributed by atoms with Gasteiger partial charge in [-0.05, 0) is 55.4 Å². The summed E-state index contributed by atoms with van der Waals surface area (Å²) in [7, 11) is 1.86. The van der Waals surface area contributed by atoms with Crippen LogP contribution in [0.2, 0.25) is 5.02 Å². The fourth-order valence-electron chi connectivity index (χ4n) is 2.01. The van der Waals surface area contributed by atoms with Gasteiger partial charge in [0.25, 0.3) is 0 Å². The zero-order valence-electron chi connectivity index (χ0n) is 11.6. The second kappa shape index (κ2) is 7.78. The molecule has 1 N–H and O–H groups in total. The lowest BCUT2D eigenvalue weighted by molar-refractivity contribution is 0.269. The van der Waals surface area contributed by atoms with Gasteiger partial charge in [0.1, 0.15) is 18.2 Å². The van der Waals surface area contributed by atoms with Gasteiger partial charge in [-0.2, -0.15) is 0 Å². The minimum absolute atomic E-state index is 0.0812. The zero-order valence-corrected chi connectivity index (χ0v) is 13.9. The van der Waals surface area contributed by atoms with E-state index in [4.69, 9.17) is 16.3 Å². The Balaban J connectivity index is 1.96. The summed E-state index contributed by atoms with van der Waals surface area (Å²) >= 11 is 9.22. The second-order valence-corrected chi connectivity index (χ2v) is 6.09. The van der Waals surface area contributed by atoms with Crippen molar-refractivity contribution < 1.29 is 9.13 Å². The average Bonchev–Trinajstić information content (AvgIpc) is 2.42. The molecule has 1 atom stereocenters. The fourth-order valence-corrected chi connectivity index (χ4v) is 2.70. The number of rotatable bonds is 6. The molecule has 0 fully saturated rings. The molecular weight excluding hydrogens is 357 g/mol. The summed E-state index contributed by atoms with van der Waals surface area (Å²) in [5, 5.41) is 3.82. The third-order valence-corrected chi connectivity index (χ3v) is 3.75. The normalized spacial score (nSPS) is 12.2. The third-order valence-electron chi connectivity index (χ3n) is 3.06. The topological polar surface area (TPSA) is 21.3 Å². The maximum absolute atomic E-state index is 13.4. The van der Waals surface area contributed by atoms with Crippen molar-refractivity contribution in [1.29, 1.82) is 0 Å². The molecule has 5 heteroatoms. The Hall–Kier alpha value is -1.10. The van der Waals surface area contributed by atoms with E-state index in [2.05, 4.69) is 21.2 Å². The molecule has 0 spiro atoms. The summed E-state index contributed by atoms with van der Waals surface area (Å²) in [5.41, 5.74) is 0.913. The van der Waals surface area contributed by atoms with E-state index in [-0.39, 0.29) is 11.9 Å². The summed E-state index contributed by atoms with van der Waals surface area (Å²) in [6, 6.07) is 12.2. The lowest BCUT2D eigenvalue weighted by Crippen LogP contribution is -2.33. The van der Waals surface area contributed by atoms with Gasteiger partial charge in [0, 0.05) is 15.5 Å². The summed E-state index contributed by atoms with van der Waals surface area (Å²) in [6.45, 7) is 0.477. The summed E-state index contributed by atoms with van der Waals surface area (Å²) in [5.74, 6) is 0.480. The smallest absolute Gasteiger partial charge is 0.124 e. The quantitative estimate of drug-likeness (QED) is 0.809. The van der Waals surface area contributed by atoms with Gasteiger partial charge in [0.2, 0.25) is 0 Å². The predicted octanol–water partition coefficient (Wildman–Crippen LogP) is 4.45. The van der Waals surface area contributed by atoms with E-state index in [1.807, 2.05) is 25.2 Å². The van der Waals surface area contributed by atoms with Crippen molar-refractivity contribution in [3.8, 4) is 5.75 Å². The van der Waals surface area contributed by atoms with Crippen LogP contribution in [0.25, 0.3) is 0 Å². The van der Waals surface area contributed by atoms with Crippen molar-refractivity contribution in [2.75, 3.05) is 13.7 Å². The van der Waals surface area contributed by atoms with Gasteiger partial charge < -0.3 is 10.1 Å². The van der Waals surface area contributed by atoms with E-state index in [0.717, 1.165) is 15.8 Å². The van der Waals surface area contributed by atoms with Crippen LogP contribution in [0, 0.1) is 5.82 Å². The molecular formula is C16H16BrClFNO. The van der Waals surface area contributed by atoms with Crippen LogP contribution in [0.4, 0.5) is 4.39 Å². The minimum Gasteiger partial charge on any atom is -0.492 e. The van der Waals surface area contributed by atoms with E-state index < -0.39 is 0 Å². The molecule has 1 unspecified atom stereocenters. The SMILES string of the molecule is CNC(COc1cccc(Cl)c1)Cc1cc(F)cc(Br)c1. The van der Waals surface area contributed by atoms with Crippen LogP contribution < -0.4 is 10.1 Å². The highest BCUT2D eigenvalue weighted by molar-refractivity contribution is 9.10. The monoisotopic (exact) mass is 371 g/mol. The number of benzene rings is 2. The van der Waals surface area contributed by atoms with Crippen molar-refractivity contribution >= 4 is 27.5 Å². The highest BCUT2D eigenvalue weighted by atomic mass is 79.9. The third kappa shape index (κ3) is 5.30. The Morgan fingerprint density at radius 1 is 1.29 bits per heavy atom. The van der Waals surface area contributed by atoms with E-state index in [1.165, 1.54) is 12.1 Å². The largest absolute Gasteiger partial charge is 0.492 e. The van der Waals surface area contributed by atoms with Crippen LogP contribution in [0.3, 0.4) is 0 Å². The van der Waals surface area contributed by atoms with Crippen LogP contribution in [-0.4, -0.2) is 19.7 Å². The van der Waals surface area contributed by atoms with Gasteiger partial charge in [-0.1, -0.05) is 33.6 Å². The van der Waals surface area contributed by atoms with Crippen LogP contribution >= 0.6 is 27.5 Å². The average molecular weight is 373 g/mol. The molecule has 0 aliphatic rings. The highest BCUT2D eigenvalue weighted by Crippen LogP contribution is 2.19. The molecule has 2 aromatic carbocycles. The van der Waals surface area contributed by atoms with E-state index >= 15 is 0 Å². The molecule has 2 aromatic rings. The number of likely N-dealkylation sites (N-methyl/N-ethyl adjacent to an activating group) is 1. The number of ether oxygens (including phenoxy) is 1. The number of hydrogen-bond acceptors (Lipinski definition) is 2. The molecule has 0 saturated heterocycles. The van der Waals surface area contributed by atoms with Gasteiger partial charge in [-0.25, -0.2) is 4.39 Å². The Bertz CT molecular complexity index is 588. The zero-order chi connectivity index (χ0) is 15.2. The molecule has 21 heavy (non-hydrogen) atoms. The molecule has 0 aliphatic carbocycles. The van der Waals surface area contributed by atoms with E-state index in [9.17, 15) is 4.39 Å². The molecule has 0 bridgehead atoms. The van der Waals surface area contributed by atoms with Gasteiger partial charge in [-0.15, -0.1) is 0 Å². The first-order valence-electron chi connectivity index (χ1n) is 6.57. The van der Waals surface area contributed by atoms with E-state index in [0.29, 0.717) is 18.1 Å². The molecule has 2 rings (SSSR count). The van der Waals surface area contributed by atoms with Gasteiger partial charge >= 0.3 is 0 Å². The van der Waals surface area contributed by atoms with Gasteiger partial charge in [-0.3, -0.25) is 0 Å². The number of nitrogens with one attached hydrogen (secondary N) is 1. The van der Waals surface area contributed by atoms with Crippen LogP contribution in [0.5, 0.6) is 5.75 Å². The van der Waals surface area contributed by atoms with Gasteiger partial charge in [0.15, 0.2) is 0 Å². The van der Waals surface area contributed by atoms with Crippen LogP contribution in [0.15, 0.2) is 46.9 Å².